The first-order valence-corrected chi connectivity index (χ1v) is 7.62. The van der Waals surface area contributed by atoms with E-state index in [0.29, 0.717) is 12.8 Å². The maximum atomic E-state index is 12.6. The Kier molecular flexibility index (Phi) is 5.89. The summed E-state index contributed by atoms with van der Waals surface area (Å²) in [5.41, 5.74) is -0.511. The van der Waals surface area contributed by atoms with Gasteiger partial charge in [0.15, 0.2) is 0 Å². The van der Waals surface area contributed by atoms with Crippen LogP contribution in [0.15, 0.2) is 0 Å². The van der Waals surface area contributed by atoms with Crippen LogP contribution >= 0.6 is 0 Å². The van der Waals surface area contributed by atoms with Crippen molar-refractivity contribution in [1.82, 2.24) is 10.2 Å². The molecular formula is C15H27F3N2O2. The standard InChI is InChI=1S/C15H27F3N2O2/c1-11(2)20(9-15(16,17)18)12(22)7-19-14(10-21)6-5-13(3,4)8-14/h11,19,21H,5-10H2,1-4H3. The number of halogens is 3. The van der Waals surface area contributed by atoms with Gasteiger partial charge < -0.3 is 15.3 Å². The highest BCUT2D eigenvalue weighted by Gasteiger charge is 2.43. The Bertz CT molecular complexity index is 397. The molecule has 1 aliphatic carbocycles. The Hall–Kier alpha value is -0.820. The quantitative estimate of drug-likeness (QED) is 0.788. The van der Waals surface area contributed by atoms with E-state index >= 15 is 0 Å². The van der Waals surface area contributed by atoms with Crippen molar-refractivity contribution >= 4 is 5.91 Å². The molecule has 1 aliphatic rings. The lowest BCUT2D eigenvalue weighted by molar-refractivity contribution is -0.164. The summed E-state index contributed by atoms with van der Waals surface area (Å²) >= 11 is 0. The molecule has 130 valence electrons. The molecule has 7 heteroatoms. The fourth-order valence-electron chi connectivity index (χ4n) is 3.13. The van der Waals surface area contributed by atoms with Gasteiger partial charge in [-0.15, -0.1) is 0 Å². The van der Waals surface area contributed by atoms with Crippen LogP contribution in [0.3, 0.4) is 0 Å². The summed E-state index contributed by atoms with van der Waals surface area (Å²) in [6, 6.07) is -0.527. The van der Waals surface area contributed by atoms with Gasteiger partial charge in [0, 0.05) is 11.6 Å². The molecule has 0 spiro atoms. The molecule has 1 fully saturated rings. The molecule has 0 saturated heterocycles. The minimum absolute atomic E-state index is 0.0580. The monoisotopic (exact) mass is 324 g/mol. The van der Waals surface area contributed by atoms with Crippen molar-refractivity contribution < 1.29 is 23.1 Å². The third-order valence-electron chi connectivity index (χ3n) is 4.31. The number of rotatable bonds is 6. The smallest absolute Gasteiger partial charge is 0.394 e. The van der Waals surface area contributed by atoms with Crippen molar-refractivity contribution in [3.05, 3.63) is 0 Å². The largest absolute Gasteiger partial charge is 0.406 e. The van der Waals surface area contributed by atoms with E-state index in [2.05, 4.69) is 19.2 Å². The van der Waals surface area contributed by atoms with Crippen LogP contribution in [0.5, 0.6) is 0 Å². The Morgan fingerprint density at radius 3 is 2.27 bits per heavy atom. The van der Waals surface area contributed by atoms with Crippen molar-refractivity contribution in [3.63, 3.8) is 0 Å². The Balaban J connectivity index is 2.66. The highest BCUT2D eigenvalue weighted by atomic mass is 19.4. The lowest BCUT2D eigenvalue weighted by Crippen LogP contribution is -2.53. The first-order chi connectivity index (χ1) is 9.90. The van der Waals surface area contributed by atoms with Gasteiger partial charge in [-0.1, -0.05) is 13.8 Å². The predicted molar refractivity (Wildman–Crippen MR) is 78.4 cm³/mol. The Morgan fingerprint density at radius 1 is 1.32 bits per heavy atom. The second-order valence-electron chi connectivity index (χ2n) is 7.36. The number of aliphatic hydroxyl groups is 1. The summed E-state index contributed by atoms with van der Waals surface area (Å²) in [6.07, 6.45) is -2.09. The fraction of sp³-hybridized carbons (Fsp3) is 0.933. The minimum Gasteiger partial charge on any atom is -0.394 e. The number of nitrogens with zero attached hydrogens (tertiary/aromatic N) is 1. The number of amides is 1. The molecule has 4 nitrogen and oxygen atoms in total. The zero-order valence-corrected chi connectivity index (χ0v) is 13.8. The van der Waals surface area contributed by atoms with Crippen LogP contribution in [0.4, 0.5) is 13.2 Å². The van der Waals surface area contributed by atoms with Crippen LogP contribution in [0.2, 0.25) is 0 Å². The zero-order valence-electron chi connectivity index (χ0n) is 13.8. The van der Waals surface area contributed by atoms with Gasteiger partial charge in [-0.05, 0) is 38.5 Å². The summed E-state index contributed by atoms with van der Waals surface area (Å²) in [5.74, 6) is -0.593. The van der Waals surface area contributed by atoms with E-state index in [-0.39, 0.29) is 18.6 Å². The second-order valence-corrected chi connectivity index (χ2v) is 7.36. The fourth-order valence-corrected chi connectivity index (χ4v) is 3.13. The molecule has 0 aromatic rings. The SMILES string of the molecule is CC(C)N(CC(F)(F)F)C(=O)CNC1(CO)CCC(C)(C)C1. The number of carbonyl (C=O) groups is 1. The van der Waals surface area contributed by atoms with Crippen molar-refractivity contribution in [2.24, 2.45) is 5.41 Å². The van der Waals surface area contributed by atoms with Crippen LogP contribution in [0.25, 0.3) is 0 Å². The number of aliphatic hydroxyl groups excluding tert-OH is 1. The third kappa shape index (κ3) is 5.43. The number of carbonyl (C=O) groups excluding carboxylic acids is 1. The highest BCUT2D eigenvalue weighted by molar-refractivity contribution is 5.78. The molecule has 0 radical (unpaired) electrons. The summed E-state index contributed by atoms with van der Waals surface area (Å²) in [6.45, 7) is 5.72. The summed E-state index contributed by atoms with van der Waals surface area (Å²) in [4.78, 5) is 12.9. The predicted octanol–water partition coefficient (Wildman–Crippen LogP) is 2.32. The Morgan fingerprint density at radius 2 is 1.91 bits per heavy atom. The van der Waals surface area contributed by atoms with Crippen molar-refractivity contribution in [3.8, 4) is 0 Å². The molecule has 1 atom stereocenters. The van der Waals surface area contributed by atoms with E-state index in [1.165, 1.54) is 0 Å². The van der Waals surface area contributed by atoms with Crippen LogP contribution in [0, 0.1) is 5.41 Å². The van der Waals surface area contributed by atoms with Gasteiger partial charge in [0.2, 0.25) is 5.91 Å². The van der Waals surface area contributed by atoms with Gasteiger partial charge in [0.25, 0.3) is 0 Å². The average molecular weight is 324 g/mol. The molecule has 1 unspecified atom stereocenters. The molecule has 2 N–H and O–H groups in total. The number of alkyl halides is 3. The van der Waals surface area contributed by atoms with Gasteiger partial charge in [-0.2, -0.15) is 13.2 Å². The normalized spacial score (nSPS) is 24.8. The van der Waals surface area contributed by atoms with E-state index in [0.717, 1.165) is 11.3 Å². The van der Waals surface area contributed by atoms with E-state index in [1.54, 1.807) is 13.8 Å². The lowest BCUT2D eigenvalue weighted by atomic mass is 9.88. The number of hydrogen-bond donors (Lipinski definition) is 2. The molecule has 0 aromatic carbocycles. The van der Waals surface area contributed by atoms with Gasteiger partial charge in [-0.3, -0.25) is 4.79 Å². The third-order valence-corrected chi connectivity index (χ3v) is 4.31. The van der Waals surface area contributed by atoms with Gasteiger partial charge in [0.05, 0.1) is 13.2 Å². The zero-order chi connectivity index (χ0) is 17.2. The lowest BCUT2D eigenvalue weighted by Gasteiger charge is -2.33. The summed E-state index contributed by atoms with van der Waals surface area (Å²) in [7, 11) is 0. The van der Waals surface area contributed by atoms with Crippen LogP contribution in [0.1, 0.15) is 47.0 Å². The molecule has 1 rings (SSSR count). The molecule has 0 aliphatic heterocycles. The van der Waals surface area contributed by atoms with Crippen LogP contribution in [-0.4, -0.2) is 53.4 Å². The molecule has 22 heavy (non-hydrogen) atoms. The maximum Gasteiger partial charge on any atom is 0.406 e. The Labute approximate surface area is 130 Å². The van der Waals surface area contributed by atoms with E-state index in [4.69, 9.17) is 0 Å². The molecular weight excluding hydrogens is 297 g/mol. The van der Waals surface area contributed by atoms with Gasteiger partial charge in [0.1, 0.15) is 6.54 Å². The van der Waals surface area contributed by atoms with Gasteiger partial charge in [-0.25, -0.2) is 0 Å². The molecule has 1 amide bonds. The first-order valence-electron chi connectivity index (χ1n) is 7.62. The van der Waals surface area contributed by atoms with E-state index in [9.17, 15) is 23.1 Å². The van der Waals surface area contributed by atoms with Gasteiger partial charge >= 0.3 is 6.18 Å². The summed E-state index contributed by atoms with van der Waals surface area (Å²) < 4.78 is 37.7. The average Bonchev–Trinajstić information content (AvgIpc) is 2.68. The van der Waals surface area contributed by atoms with Crippen molar-refractivity contribution in [1.29, 1.82) is 0 Å². The van der Waals surface area contributed by atoms with Crippen molar-refractivity contribution in [2.45, 2.75) is 64.7 Å². The molecule has 0 bridgehead atoms. The van der Waals surface area contributed by atoms with Crippen LogP contribution < -0.4 is 5.32 Å². The first kappa shape index (κ1) is 19.2. The molecule has 0 heterocycles. The van der Waals surface area contributed by atoms with E-state index in [1.807, 2.05) is 0 Å². The minimum atomic E-state index is -4.41. The maximum absolute atomic E-state index is 12.6. The van der Waals surface area contributed by atoms with E-state index < -0.39 is 30.2 Å². The topological polar surface area (TPSA) is 52.6 Å². The molecule has 0 aromatic heterocycles. The van der Waals surface area contributed by atoms with Crippen LogP contribution in [-0.2, 0) is 4.79 Å². The summed E-state index contributed by atoms with van der Waals surface area (Å²) in [5, 5.41) is 12.6. The number of hydrogen-bond acceptors (Lipinski definition) is 3. The highest BCUT2D eigenvalue weighted by Crippen LogP contribution is 2.43. The number of nitrogens with one attached hydrogen (secondary N) is 1. The van der Waals surface area contributed by atoms with Crippen molar-refractivity contribution in [2.75, 3.05) is 19.7 Å². The molecule has 1 saturated carbocycles. The second kappa shape index (κ2) is 6.74.